The van der Waals surface area contributed by atoms with Crippen molar-refractivity contribution in [1.82, 2.24) is 10.2 Å². The molecule has 0 aromatic carbocycles. The Hall–Kier alpha value is -0.680. The maximum absolute atomic E-state index is 12.6. The van der Waals surface area contributed by atoms with Crippen LogP contribution in [0.2, 0.25) is 0 Å². The summed E-state index contributed by atoms with van der Waals surface area (Å²) in [6.07, 6.45) is 1.27. The highest BCUT2D eigenvalue weighted by Crippen LogP contribution is 2.68. The highest BCUT2D eigenvalue weighted by Gasteiger charge is 2.69. The summed E-state index contributed by atoms with van der Waals surface area (Å²) >= 11 is 12.5. The molecule has 0 radical (unpaired) electrons. The van der Waals surface area contributed by atoms with Crippen LogP contribution in [0.15, 0.2) is 0 Å². The van der Waals surface area contributed by atoms with E-state index in [0.717, 1.165) is 6.42 Å². The van der Waals surface area contributed by atoms with E-state index in [1.165, 1.54) is 0 Å². The molecule has 7 heteroatoms. The third kappa shape index (κ3) is 2.98. The van der Waals surface area contributed by atoms with Crippen LogP contribution in [0.4, 0.5) is 4.79 Å². The van der Waals surface area contributed by atoms with Gasteiger partial charge < -0.3 is 10.1 Å². The number of alkyl halides is 2. The molecule has 0 aromatic heterocycles. The van der Waals surface area contributed by atoms with Crippen LogP contribution in [0.5, 0.6) is 0 Å². The normalized spacial score (nSPS) is 35.2. The van der Waals surface area contributed by atoms with Crippen LogP contribution in [0, 0.1) is 17.3 Å². The Labute approximate surface area is 153 Å². The number of fused-ring (bicyclic) bond motifs is 1. The van der Waals surface area contributed by atoms with Gasteiger partial charge in [0.15, 0.2) is 0 Å². The molecule has 3 rings (SSSR count). The number of rotatable bonds is 3. The first-order valence-electron chi connectivity index (χ1n) is 8.53. The maximum atomic E-state index is 12.6. The molecule has 5 nitrogen and oxygen atoms in total. The minimum Gasteiger partial charge on any atom is -0.444 e. The third-order valence-electron chi connectivity index (χ3n) is 5.58. The first-order chi connectivity index (χ1) is 10.9. The zero-order valence-corrected chi connectivity index (χ0v) is 16.4. The Morgan fingerprint density at radius 3 is 2.33 bits per heavy atom. The van der Waals surface area contributed by atoms with Gasteiger partial charge in [-0.1, -0.05) is 13.8 Å². The second-order valence-corrected chi connectivity index (χ2v) is 10.2. The number of nitrogens with one attached hydrogen (secondary N) is 1. The smallest absolute Gasteiger partial charge is 0.411 e. The zero-order chi connectivity index (χ0) is 18.1. The van der Waals surface area contributed by atoms with Gasteiger partial charge in [-0.05, 0) is 39.5 Å². The molecule has 24 heavy (non-hydrogen) atoms. The number of likely N-dealkylation sites (tertiary alicyclic amines) is 1. The largest absolute Gasteiger partial charge is 0.444 e. The molecule has 136 valence electrons. The predicted molar refractivity (Wildman–Crippen MR) is 93.1 cm³/mol. The number of piperidine rings is 1. The van der Waals surface area contributed by atoms with Gasteiger partial charge in [0, 0.05) is 23.9 Å². The fraction of sp³-hybridized carbons (Fsp3) is 0.882. The lowest BCUT2D eigenvalue weighted by molar-refractivity contribution is -0.126. The number of nitrogens with zero attached hydrogens (tertiary/aromatic N) is 1. The lowest BCUT2D eigenvalue weighted by Gasteiger charge is -2.30. The molecule has 1 heterocycles. The van der Waals surface area contributed by atoms with Gasteiger partial charge in [0.25, 0.3) is 0 Å². The summed E-state index contributed by atoms with van der Waals surface area (Å²) in [5, 5.41) is 2.93. The van der Waals surface area contributed by atoms with Gasteiger partial charge in [0.1, 0.15) is 16.0 Å². The molecule has 2 saturated carbocycles. The van der Waals surface area contributed by atoms with Crippen molar-refractivity contribution >= 4 is 35.2 Å². The first-order valence-corrected chi connectivity index (χ1v) is 9.28. The summed E-state index contributed by atoms with van der Waals surface area (Å²) in [6, 6.07) is -0.307. The number of hydrogen-bond donors (Lipinski definition) is 1. The highest BCUT2D eigenvalue weighted by atomic mass is 35.5. The molecule has 1 N–H and O–H groups in total. The van der Waals surface area contributed by atoms with E-state index in [-0.39, 0.29) is 23.3 Å². The van der Waals surface area contributed by atoms with E-state index < -0.39 is 22.1 Å². The van der Waals surface area contributed by atoms with E-state index in [2.05, 4.69) is 5.32 Å². The third-order valence-corrected chi connectivity index (χ3v) is 7.08. The second kappa shape index (κ2) is 5.41. The number of halogens is 2. The molecule has 2 aliphatic carbocycles. The topological polar surface area (TPSA) is 58.6 Å². The Morgan fingerprint density at radius 2 is 1.83 bits per heavy atom. The van der Waals surface area contributed by atoms with Crippen LogP contribution in [-0.2, 0) is 9.53 Å². The van der Waals surface area contributed by atoms with Gasteiger partial charge in [0.2, 0.25) is 5.91 Å². The van der Waals surface area contributed by atoms with Crippen LogP contribution in [-0.4, -0.2) is 45.5 Å². The van der Waals surface area contributed by atoms with Crippen molar-refractivity contribution in [2.24, 2.45) is 17.3 Å². The summed E-state index contributed by atoms with van der Waals surface area (Å²) in [5.74, 6) is 0.300. The molecule has 0 bridgehead atoms. The van der Waals surface area contributed by atoms with Gasteiger partial charge in [0.05, 0.1) is 0 Å². The van der Waals surface area contributed by atoms with Crippen molar-refractivity contribution in [3.05, 3.63) is 0 Å². The minimum atomic E-state index is -0.803. The van der Waals surface area contributed by atoms with Gasteiger partial charge in [-0.15, -0.1) is 23.2 Å². The SMILES string of the molecule is CC(C)(C)OC(=O)N1[C@@H]2C[C@@H]2C[C@H]1C(=O)NC[C@@H]1C(C)(C)C1(Cl)Cl. The van der Waals surface area contributed by atoms with Crippen molar-refractivity contribution in [3.63, 3.8) is 0 Å². The Kier molecular flexibility index (Phi) is 4.08. The average Bonchev–Trinajstić information content (AvgIpc) is 3.17. The van der Waals surface area contributed by atoms with Gasteiger partial charge in [-0.3, -0.25) is 9.69 Å². The number of carbonyl (C=O) groups is 2. The summed E-state index contributed by atoms with van der Waals surface area (Å²) < 4.78 is 4.67. The Bertz CT molecular complexity index is 557. The minimum absolute atomic E-state index is 0.0168. The van der Waals surface area contributed by atoms with Crippen LogP contribution >= 0.6 is 23.2 Å². The van der Waals surface area contributed by atoms with Crippen molar-refractivity contribution < 1.29 is 14.3 Å². The molecule has 3 fully saturated rings. The zero-order valence-electron chi connectivity index (χ0n) is 14.9. The second-order valence-electron chi connectivity index (χ2n) is 8.84. The van der Waals surface area contributed by atoms with Crippen molar-refractivity contribution in [2.75, 3.05) is 6.54 Å². The van der Waals surface area contributed by atoms with E-state index in [4.69, 9.17) is 27.9 Å². The number of amides is 2. The fourth-order valence-electron chi connectivity index (χ4n) is 3.73. The van der Waals surface area contributed by atoms with E-state index in [1.807, 2.05) is 34.6 Å². The molecule has 0 spiro atoms. The Morgan fingerprint density at radius 1 is 1.25 bits per heavy atom. The monoisotopic (exact) mass is 376 g/mol. The van der Waals surface area contributed by atoms with Crippen molar-refractivity contribution in [3.8, 4) is 0 Å². The first kappa shape index (κ1) is 18.1. The van der Waals surface area contributed by atoms with Crippen molar-refractivity contribution in [1.29, 1.82) is 0 Å². The van der Waals surface area contributed by atoms with Gasteiger partial charge in [-0.25, -0.2) is 4.79 Å². The molecule has 0 unspecified atom stereocenters. The van der Waals surface area contributed by atoms with Crippen molar-refractivity contribution in [2.45, 2.75) is 69.5 Å². The van der Waals surface area contributed by atoms with E-state index >= 15 is 0 Å². The van der Waals surface area contributed by atoms with E-state index in [9.17, 15) is 9.59 Å². The molecule has 2 amide bonds. The number of carbonyl (C=O) groups excluding carboxylic acids is 2. The maximum Gasteiger partial charge on any atom is 0.411 e. The molecule has 1 saturated heterocycles. The number of hydrogen-bond acceptors (Lipinski definition) is 3. The molecule has 0 aromatic rings. The van der Waals surface area contributed by atoms with Crippen LogP contribution in [0.1, 0.15) is 47.5 Å². The van der Waals surface area contributed by atoms with Gasteiger partial charge in [-0.2, -0.15) is 0 Å². The quantitative estimate of drug-likeness (QED) is 0.768. The van der Waals surface area contributed by atoms with Crippen LogP contribution in [0.3, 0.4) is 0 Å². The summed E-state index contributed by atoms with van der Waals surface area (Å²) in [6.45, 7) is 9.89. The fourth-order valence-corrected chi connectivity index (χ4v) is 4.58. The lowest BCUT2D eigenvalue weighted by Crippen LogP contribution is -2.49. The molecule has 4 atom stereocenters. The molecular weight excluding hydrogens is 351 g/mol. The van der Waals surface area contributed by atoms with Crippen LogP contribution in [0.25, 0.3) is 0 Å². The summed E-state index contributed by atoms with van der Waals surface area (Å²) in [5.41, 5.74) is -0.786. The van der Waals surface area contributed by atoms with Gasteiger partial charge >= 0.3 is 6.09 Å². The lowest BCUT2D eigenvalue weighted by atomic mass is 10.1. The standard InChI is InChI=1S/C17H26Cl2N2O3/c1-15(2,3)24-14(23)21-10-6-9(10)7-11(21)13(22)20-8-12-16(4,5)17(12,18)19/h9-12H,6-8H2,1-5H3,(H,20,22)/t9-,10-,11+,12-/m1/s1. The Balaban J connectivity index is 1.59. The molecular formula is C17H26Cl2N2O3. The predicted octanol–water partition coefficient (Wildman–Crippen LogP) is 3.33. The highest BCUT2D eigenvalue weighted by molar-refractivity contribution is 6.51. The number of ether oxygens (including phenoxy) is 1. The molecule has 1 aliphatic heterocycles. The van der Waals surface area contributed by atoms with E-state index in [0.29, 0.717) is 18.9 Å². The average molecular weight is 377 g/mol. The summed E-state index contributed by atoms with van der Waals surface area (Å²) in [4.78, 5) is 26.7. The summed E-state index contributed by atoms with van der Waals surface area (Å²) in [7, 11) is 0. The van der Waals surface area contributed by atoms with E-state index in [1.54, 1.807) is 4.90 Å². The molecule has 3 aliphatic rings. The van der Waals surface area contributed by atoms with Crippen LogP contribution < -0.4 is 5.32 Å².